The molecule has 0 radical (unpaired) electrons. The molecule has 0 aliphatic heterocycles. The Labute approximate surface area is 108 Å². The van der Waals surface area contributed by atoms with Gasteiger partial charge in [-0.15, -0.1) is 0 Å². The van der Waals surface area contributed by atoms with Crippen LogP contribution in [0.15, 0.2) is 18.3 Å². The minimum absolute atomic E-state index is 0.356. The van der Waals surface area contributed by atoms with Crippen molar-refractivity contribution in [1.29, 1.82) is 0 Å². The average Bonchev–Trinajstić information content (AvgIpc) is 2.29. The summed E-state index contributed by atoms with van der Waals surface area (Å²) in [6, 6.07) is 4.02. The number of hydrogen-bond acceptors (Lipinski definition) is 3. The highest BCUT2D eigenvalue weighted by atomic mass is 32.1. The molecule has 0 unspecified atom stereocenters. The number of ether oxygens (including phenoxy) is 1. The zero-order valence-electron chi connectivity index (χ0n) is 10.5. The zero-order chi connectivity index (χ0) is 12.7. The van der Waals surface area contributed by atoms with Crippen LogP contribution in [0.1, 0.15) is 26.7 Å². The number of nitrogens with zero attached hydrogens (tertiary/aromatic N) is 1. The molecule has 4 nitrogen and oxygen atoms in total. The van der Waals surface area contributed by atoms with Crippen LogP contribution in [0.5, 0.6) is 5.75 Å². The van der Waals surface area contributed by atoms with Crippen molar-refractivity contribution in [2.24, 2.45) is 0 Å². The van der Waals surface area contributed by atoms with Crippen molar-refractivity contribution in [2.75, 3.05) is 12.4 Å². The van der Waals surface area contributed by atoms with Crippen molar-refractivity contribution in [3.05, 3.63) is 18.3 Å². The van der Waals surface area contributed by atoms with Gasteiger partial charge in [-0.05, 0) is 37.7 Å². The molecule has 0 fully saturated rings. The highest BCUT2D eigenvalue weighted by Gasteiger charge is 2.07. The minimum atomic E-state index is 0.356. The zero-order valence-corrected chi connectivity index (χ0v) is 11.3. The summed E-state index contributed by atoms with van der Waals surface area (Å²) < 4.78 is 5.19. The third-order valence-electron chi connectivity index (χ3n) is 2.32. The molecule has 1 aromatic rings. The van der Waals surface area contributed by atoms with Crippen LogP contribution in [0.25, 0.3) is 0 Å². The number of methoxy groups -OCH3 is 1. The van der Waals surface area contributed by atoms with E-state index in [9.17, 15) is 0 Å². The maximum absolute atomic E-state index is 5.22. The van der Waals surface area contributed by atoms with Crippen LogP contribution < -0.4 is 15.4 Å². The van der Waals surface area contributed by atoms with Gasteiger partial charge in [-0.3, -0.25) is 0 Å². The molecule has 94 valence electrons. The predicted molar refractivity (Wildman–Crippen MR) is 74.5 cm³/mol. The van der Waals surface area contributed by atoms with Crippen molar-refractivity contribution in [2.45, 2.75) is 32.7 Å². The van der Waals surface area contributed by atoms with E-state index < -0.39 is 0 Å². The molecule has 1 aromatic heterocycles. The number of hydrogen-bond donors (Lipinski definition) is 2. The number of pyridine rings is 1. The van der Waals surface area contributed by atoms with Crippen LogP contribution in [-0.2, 0) is 0 Å². The van der Waals surface area contributed by atoms with Crippen LogP contribution in [0, 0.1) is 0 Å². The van der Waals surface area contributed by atoms with Crippen LogP contribution in [-0.4, -0.2) is 23.2 Å². The first-order valence-electron chi connectivity index (χ1n) is 5.74. The van der Waals surface area contributed by atoms with E-state index in [1.165, 1.54) is 0 Å². The Bertz CT molecular complexity index is 371. The molecule has 0 amide bonds. The summed E-state index contributed by atoms with van der Waals surface area (Å²) in [5.74, 6) is 1.32. The fraction of sp³-hybridized carbons (Fsp3) is 0.500. The topological polar surface area (TPSA) is 46.2 Å². The first-order chi connectivity index (χ1) is 8.17. The first-order valence-corrected chi connectivity index (χ1v) is 6.14. The monoisotopic (exact) mass is 253 g/mol. The second-order valence-corrected chi connectivity index (χ2v) is 4.25. The molecule has 0 saturated heterocycles. The summed E-state index contributed by atoms with van der Waals surface area (Å²) in [6.07, 6.45) is 3.91. The minimum Gasteiger partial charge on any atom is -0.493 e. The van der Waals surface area contributed by atoms with Crippen molar-refractivity contribution in [3.63, 3.8) is 0 Å². The van der Waals surface area contributed by atoms with Crippen LogP contribution in [0.3, 0.4) is 0 Å². The Morgan fingerprint density at radius 1 is 1.59 bits per heavy atom. The van der Waals surface area contributed by atoms with Gasteiger partial charge in [-0.2, -0.15) is 0 Å². The van der Waals surface area contributed by atoms with Gasteiger partial charge >= 0.3 is 0 Å². The average molecular weight is 253 g/mol. The fourth-order valence-corrected chi connectivity index (χ4v) is 1.82. The Morgan fingerprint density at radius 2 is 2.35 bits per heavy atom. The second-order valence-electron chi connectivity index (χ2n) is 3.84. The summed E-state index contributed by atoms with van der Waals surface area (Å²) in [4.78, 5) is 4.18. The maximum Gasteiger partial charge on any atom is 0.174 e. The van der Waals surface area contributed by atoms with E-state index in [2.05, 4.69) is 29.5 Å². The van der Waals surface area contributed by atoms with Gasteiger partial charge in [0, 0.05) is 12.2 Å². The SMILES string of the molecule is CCC[C@@H](C)NC(=S)Nc1ncccc1OC. The molecule has 1 atom stereocenters. The maximum atomic E-state index is 5.22. The van der Waals surface area contributed by atoms with Crippen LogP contribution in [0.4, 0.5) is 5.82 Å². The molecular formula is C12H19N3OS. The van der Waals surface area contributed by atoms with Crippen molar-refractivity contribution < 1.29 is 4.74 Å². The van der Waals surface area contributed by atoms with E-state index >= 15 is 0 Å². The fourth-order valence-electron chi connectivity index (χ4n) is 1.52. The van der Waals surface area contributed by atoms with Gasteiger partial charge in [0.05, 0.1) is 7.11 Å². The molecule has 0 aromatic carbocycles. The summed E-state index contributed by atoms with van der Waals surface area (Å²) in [5, 5.41) is 6.81. The van der Waals surface area contributed by atoms with E-state index in [1.807, 2.05) is 12.1 Å². The molecule has 0 spiro atoms. The van der Waals surface area contributed by atoms with E-state index in [0.717, 1.165) is 12.8 Å². The van der Waals surface area contributed by atoms with Crippen molar-refractivity contribution in [1.82, 2.24) is 10.3 Å². The normalized spacial score (nSPS) is 11.7. The molecular weight excluding hydrogens is 234 g/mol. The van der Waals surface area contributed by atoms with Gasteiger partial charge in [0.1, 0.15) is 0 Å². The predicted octanol–water partition coefficient (Wildman–Crippen LogP) is 2.57. The number of rotatable bonds is 5. The molecule has 0 bridgehead atoms. The van der Waals surface area contributed by atoms with Gasteiger partial charge in [0.15, 0.2) is 16.7 Å². The molecule has 1 heterocycles. The Hall–Kier alpha value is -1.36. The second kappa shape index (κ2) is 7.06. The Morgan fingerprint density at radius 3 is 3.00 bits per heavy atom. The largest absolute Gasteiger partial charge is 0.493 e. The number of aromatic nitrogens is 1. The van der Waals surface area contributed by atoms with E-state index in [4.69, 9.17) is 17.0 Å². The lowest BCUT2D eigenvalue weighted by Crippen LogP contribution is -2.36. The van der Waals surface area contributed by atoms with Crippen molar-refractivity contribution in [3.8, 4) is 5.75 Å². The summed E-state index contributed by atoms with van der Waals surface area (Å²) >= 11 is 5.22. The Kier molecular flexibility index (Phi) is 5.69. The van der Waals surface area contributed by atoms with E-state index in [-0.39, 0.29) is 0 Å². The Balaban J connectivity index is 2.55. The molecule has 17 heavy (non-hydrogen) atoms. The lowest BCUT2D eigenvalue weighted by Gasteiger charge is -2.16. The molecule has 0 aliphatic rings. The molecule has 5 heteroatoms. The third-order valence-corrected chi connectivity index (χ3v) is 2.54. The highest BCUT2D eigenvalue weighted by molar-refractivity contribution is 7.80. The van der Waals surface area contributed by atoms with Crippen LogP contribution in [0.2, 0.25) is 0 Å². The number of nitrogens with one attached hydrogen (secondary N) is 2. The first kappa shape index (κ1) is 13.7. The standard InChI is InChI=1S/C12H19N3OS/c1-4-6-9(2)14-12(17)15-11-10(16-3)7-5-8-13-11/h5,7-9H,4,6H2,1-3H3,(H2,13,14,15,17)/t9-/m1/s1. The summed E-state index contributed by atoms with van der Waals surface area (Å²) in [5.41, 5.74) is 0. The van der Waals surface area contributed by atoms with Gasteiger partial charge in [-0.1, -0.05) is 13.3 Å². The van der Waals surface area contributed by atoms with Gasteiger partial charge in [0.25, 0.3) is 0 Å². The molecule has 0 aliphatic carbocycles. The lowest BCUT2D eigenvalue weighted by molar-refractivity contribution is 0.415. The molecule has 0 saturated carbocycles. The highest BCUT2D eigenvalue weighted by Crippen LogP contribution is 2.19. The number of anilines is 1. The quantitative estimate of drug-likeness (QED) is 0.790. The van der Waals surface area contributed by atoms with Crippen molar-refractivity contribution >= 4 is 23.1 Å². The summed E-state index contributed by atoms with van der Waals surface area (Å²) in [6.45, 7) is 4.25. The van der Waals surface area contributed by atoms with E-state index in [1.54, 1.807) is 13.3 Å². The van der Waals surface area contributed by atoms with Gasteiger partial charge in [-0.25, -0.2) is 4.98 Å². The van der Waals surface area contributed by atoms with Gasteiger partial charge < -0.3 is 15.4 Å². The van der Waals surface area contributed by atoms with Gasteiger partial charge in [0.2, 0.25) is 0 Å². The van der Waals surface area contributed by atoms with Crippen LogP contribution >= 0.6 is 12.2 Å². The third kappa shape index (κ3) is 4.56. The molecule has 1 rings (SSSR count). The summed E-state index contributed by atoms with van der Waals surface area (Å²) in [7, 11) is 1.61. The van der Waals surface area contributed by atoms with E-state index in [0.29, 0.717) is 22.7 Å². The number of thiocarbonyl (C=S) groups is 1. The lowest BCUT2D eigenvalue weighted by atomic mass is 10.2. The molecule has 2 N–H and O–H groups in total. The smallest absolute Gasteiger partial charge is 0.174 e.